The number of carbonyl (C=O) groups excluding carboxylic acids is 2. The summed E-state index contributed by atoms with van der Waals surface area (Å²) in [6.07, 6.45) is -0.658. The Bertz CT molecular complexity index is 294. The summed E-state index contributed by atoms with van der Waals surface area (Å²) in [6, 6.07) is 0. The molecule has 1 atom stereocenters. The molecule has 0 saturated heterocycles. The maximum atomic E-state index is 12.9. The molecule has 0 spiro atoms. The fraction of sp³-hybridized carbons (Fsp3) is 0.800. The van der Waals surface area contributed by atoms with E-state index in [9.17, 15) is 14.0 Å². The van der Waals surface area contributed by atoms with Crippen LogP contribution in [0.5, 0.6) is 0 Å². The van der Waals surface area contributed by atoms with Gasteiger partial charge in [0.25, 0.3) is 0 Å². The van der Waals surface area contributed by atoms with E-state index in [2.05, 4.69) is 0 Å². The molecule has 0 radical (unpaired) electrons. The van der Waals surface area contributed by atoms with E-state index in [1.54, 1.807) is 13.8 Å². The van der Waals surface area contributed by atoms with Gasteiger partial charge in [0.15, 0.2) is 5.60 Å². The van der Waals surface area contributed by atoms with Crippen LogP contribution in [0.4, 0.5) is 9.18 Å². The average Bonchev–Trinajstić information content (AvgIpc) is 2.16. The van der Waals surface area contributed by atoms with Crippen molar-refractivity contribution in [3.05, 3.63) is 0 Å². The topological polar surface area (TPSA) is 46.6 Å². The van der Waals surface area contributed by atoms with Crippen molar-refractivity contribution < 1.29 is 18.7 Å². The highest BCUT2D eigenvalue weighted by Gasteiger charge is 2.50. The first-order chi connectivity index (χ1) is 7.08. The van der Waals surface area contributed by atoms with Gasteiger partial charge in [-0.3, -0.25) is 9.18 Å². The van der Waals surface area contributed by atoms with Crippen molar-refractivity contribution in [2.75, 3.05) is 20.8 Å². The molecule has 6 heteroatoms. The van der Waals surface area contributed by atoms with Crippen LogP contribution in [0.15, 0.2) is 0 Å². The lowest BCUT2D eigenvalue weighted by molar-refractivity contribution is -0.139. The quantitative estimate of drug-likeness (QED) is 0.581. The molecule has 0 aliphatic carbocycles. The van der Waals surface area contributed by atoms with Crippen LogP contribution in [-0.2, 0) is 9.53 Å². The molecule has 0 heterocycles. The number of nitrogens with zero attached hydrogens (tertiary/aromatic N) is 1. The lowest BCUT2D eigenvalue weighted by Gasteiger charge is -2.39. The summed E-state index contributed by atoms with van der Waals surface area (Å²) in [5.41, 5.74) is -2.53. The van der Waals surface area contributed by atoms with E-state index >= 15 is 0 Å². The molecule has 94 valence electrons. The Morgan fingerprint density at radius 2 is 1.75 bits per heavy atom. The molecule has 16 heavy (non-hydrogen) atoms. The summed E-state index contributed by atoms with van der Waals surface area (Å²) < 4.78 is 17.6. The third-order valence-electron chi connectivity index (χ3n) is 2.66. The van der Waals surface area contributed by atoms with Crippen LogP contribution in [0.2, 0.25) is 0 Å². The number of hydrogen-bond donors (Lipinski definition) is 0. The Hall–Kier alpha value is -0.400. The zero-order chi connectivity index (χ0) is 13.1. The van der Waals surface area contributed by atoms with Crippen molar-refractivity contribution in [3.8, 4) is 0 Å². The van der Waals surface area contributed by atoms with E-state index in [1.807, 2.05) is 0 Å². The van der Waals surface area contributed by atoms with Crippen molar-refractivity contribution in [2.45, 2.75) is 26.4 Å². The average molecular weight is 345 g/mol. The second-order valence-corrected chi connectivity index (χ2v) is 5.57. The van der Waals surface area contributed by atoms with Crippen molar-refractivity contribution in [2.24, 2.45) is 5.41 Å². The molecule has 0 saturated carbocycles. The first-order valence-corrected chi connectivity index (χ1v) is 5.82. The largest absolute Gasteiger partial charge is 0.433 e. The van der Waals surface area contributed by atoms with E-state index in [4.69, 9.17) is 4.74 Å². The molecular weight excluding hydrogens is 328 g/mol. The SMILES string of the molecule is CN(C)C(=O)OC(C)(C(=O)I)C(C)(C)CF. The minimum Gasteiger partial charge on any atom is -0.433 e. The van der Waals surface area contributed by atoms with Crippen LogP contribution < -0.4 is 0 Å². The van der Waals surface area contributed by atoms with Gasteiger partial charge < -0.3 is 9.64 Å². The number of hydrogen-bond acceptors (Lipinski definition) is 3. The number of alkyl halides is 1. The summed E-state index contributed by atoms with van der Waals surface area (Å²) in [5.74, 6) is 0. The number of carbonyl (C=O) groups is 2. The molecular formula is C10H17FINO3. The maximum absolute atomic E-state index is 12.9. The first kappa shape index (κ1) is 15.6. The van der Waals surface area contributed by atoms with Gasteiger partial charge in [0.1, 0.15) is 0 Å². The van der Waals surface area contributed by atoms with E-state index in [-0.39, 0.29) is 0 Å². The Labute approximate surface area is 109 Å². The molecule has 0 fully saturated rings. The highest BCUT2D eigenvalue weighted by atomic mass is 127. The standard InChI is InChI=1S/C10H17FINO3/c1-9(2,6-11)10(3,7(12)14)16-8(15)13(4)5/h6H2,1-5H3. The molecule has 0 aliphatic heterocycles. The van der Waals surface area contributed by atoms with Gasteiger partial charge in [0.05, 0.1) is 6.67 Å². The van der Waals surface area contributed by atoms with Gasteiger partial charge in [0.2, 0.25) is 3.79 Å². The second-order valence-electron chi connectivity index (χ2n) is 4.59. The smallest absolute Gasteiger partial charge is 0.410 e. The van der Waals surface area contributed by atoms with E-state index in [0.717, 1.165) is 0 Å². The Morgan fingerprint density at radius 1 is 1.31 bits per heavy atom. The molecule has 0 rings (SSSR count). The number of rotatable bonds is 4. The van der Waals surface area contributed by atoms with Gasteiger partial charge in [-0.1, -0.05) is 13.8 Å². The van der Waals surface area contributed by atoms with Crippen LogP contribution in [0.3, 0.4) is 0 Å². The zero-order valence-electron chi connectivity index (χ0n) is 10.1. The van der Waals surface area contributed by atoms with E-state index in [0.29, 0.717) is 0 Å². The minimum atomic E-state index is -1.47. The second kappa shape index (κ2) is 5.29. The summed E-state index contributed by atoms with van der Waals surface area (Å²) in [7, 11) is 3.01. The first-order valence-electron chi connectivity index (χ1n) is 4.74. The Kier molecular flexibility index (Phi) is 5.15. The summed E-state index contributed by atoms with van der Waals surface area (Å²) in [6.45, 7) is 3.78. The molecule has 0 aliphatic rings. The molecule has 0 aromatic carbocycles. The lowest BCUT2D eigenvalue weighted by atomic mass is 9.78. The predicted molar refractivity (Wildman–Crippen MR) is 67.4 cm³/mol. The Morgan fingerprint density at radius 3 is 2.00 bits per heavy atom. The van der Waals surface area contributed by atoms with Crippen molar-refractivity contribution >= 4 is 32.5 Å². The van der Waals surface area contributed by atoms with E-state index < -0.39 is 27.6 Å². The lowest BCUT2D eigenvalue weighted by Crippen LogP contribution is -2.52. The summed E-state index contributed by atoms with van der Waals surface area (Å²) >= 11 is 1.53. The Balaban J connectivity index is 5.15. The minimum absolute atomic E-state index is 0.400. The van der Waals surface area contributed by atoms with Crippen LogP contribution in [0, 0.1) is 5.41 Å². The molecule has 0 bridgehead atoms. The molecule has 0 aromatic heterocycles. The molecule has 4 nitrogen and oxygen atoms in total. The fourth-order valence-electron chi connectivity index (χ4n) is 0.838. The number of amides is 1. The molecule has 0 N–H and O–H groups in total. The van der Waals surface area contributed by atoms with Gasteiger partial charge in [-0.25, -0.2) is 4.79 Å². The highest BCUT2D eigenvalue weighted by Crippen LogP contribution is 2.37. The zero-order valence-corrected chi connectivity index (χ0v) is 12.3. The fourth-order valence-corrected chi connectivity index (χ4v) is 1.68. The number of ether oxygens (including phenoxy) is 1. The van der Waals surface area contributed by atoms with Crippen LogP contribution in [0.25, 0.3) is 0 Å². The molecule has 0 aromatic rings. The van der Waals surface area contributed by atoms with Gasteiger partial charge >= 0.3 is 6.09 Å². The van der Waals surface area contributed by atoms with Crippen LogP contribution in [0.1, 0.15) is 20.8 Å². The third kappa shape index (κ3) is 3.05. The summed E-state index contributed by atoms with van der Waals surface area (Å²) in [4.78, 5) is 24.2. The monoisotopic (exact) mass is 345 g/mol. The van der Waals surface area contributed by atoms with Gasteiger partial charge in [-0.2, -0.15) is 0 Å². The van der Waals surface area contributed by atoms with Gasteiger partial charge in [-0.05, 0) is 6.92 Å². The van der Waals surface area contributed by atoms with Crippen molar-refractivity contribution in [1.29, 1.82) is 0 Å². The van der Waals surface area contributed by atoms with Crippen molar-refractivity contribution in [3.63, 3.8) is 0 Å². The van der Waals surface area contributed by atoms with Gasteiger partial charge in [-0.15, -0.1) is 0 Å². The number of halogens is 2. The van der Waals surface area contributed by atoms with Crippen LogP contribution >= 0.6 is 22.6 Å². The summed E-state index contributed by atoms with van der Waals surface area (Å²) in [5, 5.41) is 0. The predicted octanol–water partition coefficient (Wildman–Crippen LogP) is 2.40. The third-order valence-corrected chi connectivity index (χ3v) is 3.69. The van der Waals surface area contributed by atoms with Crippen LogP contribution in [-0.4, -0.2) is 41.2 Å². The van der Waals surface area contributed by atoms with E-state index in [1.165, 1.54) is 48.5 Å². The van der Waals surface area contributed by atoms with Crippen molar-refractivity contribution in [1.82, 2.24) is 4.90 Å². The molecule has 1 unspecified atom stereocenters. The van der Waals surface area contributed by atoms with Gasteiger partial charge in [0, 0.05) is 42.1 Å². The normalized spacial score (nSPS) is 15.2. The highest BCUT2D eigenvalue weighted by molar-refractivity contribution is 14.1. The molecule has 1 amide bonds. The maximum Gasteiger partial charge on any atom is 0.410 e.